The fourth-order valence-corrected chi connectivity index (χ4v) is 4.00. The molecular weight excluding hydrogens is 259 g/mol. The van der Waals surface area contributed by atoms with Gasteiger partial charge in [0.15, 0.2) is 0 Å². The van der Waals surface area contributed by atoms with E-state index in [0.717, 1.165) is 0 Å². The summed E-state index contributed by atoms with van der Waals surface area (Å²) in [6.45, 7) is 0. The monoisotopic (exact) mass is 276 g/mol. The molecule has 0 unspecified atom stereocenters. The van der Waals surface area contributed by atoms with Crippen LogP contribution in [-0.2, 0) is 27.3 Å². The standard InChI is InChI=1S/C6H17O8PSi/c1-9-6(10-2,14-15(7)8)16(11-3,12-4)13-5/h7-8H,1-5H3. The van der Waals surface area contributed by atoms with E-state index in [9.17, 15) is 0 Å². The van der Waals surface area contributed by atoms with Gasteiger partial charge in [0, 0.05) is 35.5 Å². The number of hydrogen-bond acceptors (Lipinski definition) is 8. The van der Waals surface area contributed by atoms with Crippen LogP contribution in [0.5, 0.6) is 0 Å². The van der Waals surface area contributed by atoms with E-state index in [-0.39, 0.29) is 0 Å². The fourth-order valence-electron chi connectivity index (χ4n) is 1.20. The van der Waals surface area contributed by atoms with Crippen LogP contribution in [0.15, 0.2) is 0 Å². The molecule has 0 atom stereocenters. The Bertz CT molecular complexity index is 187. The van der Waals surface area contributed by atoms with Crippen molar-refractivity contribution in [2.75, 3.05) is 35.5 Å². The first-order valence-corrected chi connectivity index (χ1v) is 6.99. The van der Waals surface area contributed by atoms with Crippen LogP contribution < -0.4 is 0 Å². The van der Waals surface area contributed by atoms with Crippen molar-refractivity contribution in [3.05, 3.63) is 0 Å². The molecule has 0 amide bonds. The minimum absolute atomic E-state index is 1.24. The molecule has 0 bridgehead atoms. The van der Waals surface area contributed by atoms with Gasteiger partial charge in [-0.1, -0.05) is 0 Å². The van der Waals surface area contributed by atoms with Crippen molar-refractivity contribution in [1.29, 1.82) is 0 Å². The summed E-state index contributed by atoms with van der Waals surface area (Å²) in [6, 6.07) is 0. The van der Waals surface area contributed by atoms with Crippen molar-refractivity contribution in [2.24, 2.45) is 0 Å². The zero-order chi connectivity index (χ0) is 12.8. The Labute approximate surface area is 96.3 Å². The third-order valence-electron chi connectivity index (χ3n) is 1.92. The molecule has 0 fully saturated rings. The first-order valence-electron chi connectivity index (χ1n) is 4.10. The highest BCUT2D eigenvalue weighted by Crippen LogP contribution is 2.39. The first kappa shape index (κ1) is 16.3. The second-order valence-corrected chi connectivity index (χ2v) is 6.11. The summed E-state index contributed by atoms with van der Waals surface area (Å²) in [5.74, 6) is 0. The maximum absolute atomic E-state index is 8.89. The van der Waals surface area contributed by atoms with Crippen LogP contribution in [0, 0.1) is 0 Å². The highest BCUT2D eigenvalue weighted by Gasteiger charge is 2.66. The third-order valence-corrected chi connectivity index (χ3v) is 5.37. The molecule has 0 aromatic rings. The van der Waals surface area contributed by atoms with Gasteiger partial charge in [-0.15, -0.1) is 0 Å². The highest BCUT2D eigenvalue weighted by molar-refractivity contribution is 7.39. The topological polar surface area (TPSA) is 95.8 Å². The summed E-state index contributed by atoms with van der Waals surface area (Å²) in [4.78, 5) is 17.8. The van der Waals surface area contributed by atoms with Gasteiger partial charge in [-0.25, -0.2) is 0 Å². The molecule has 8 nitrogen and oxygen atoms in total. The Morgan fingerprint density at radius 2 is 1.25 bits per heavy atom. The van der Waals surface area contributed by atoms with Crippen molar-refractivity contribution >= 4 is 17.4 Å². The highest BCUT2D eigenvalue weighted by atomic mass is 31.2. The zero-order valence-corrected chi connectivity index (χ0v) is 11.7. The molecule has 0 rings (SSSR count). The van der Waals surface area contributed by atoms with Gasteiger partial charge in [-0.2, -0.15) is 0 Å². The summed E-state index contributed by atoms with van der Waals surface area (Å²) in [6.07, 6.45) is 0. The van der Waals surface area contributed by atoms with Crippen LogP contribution in [0.2, 0.25) is 0 Å². The average molecular weight is 276 g/mol. The Morgan fingerprint density at radius 3 is 1.44 bits per heavy atom. The molecule has 10 heteroatoms. The van der Waals surface area contributed by atoms with Crippen LogP contribution in [-0.4, -0.2) is 59.7 Å². The van der Waals surface area contributed by atoms with Crippen molar-refractivity contribution in [2.45, 2.75) is 5.60 Å². The Balaban J connectivity index is 5.25. The van der Waals surface area contributed by atoms with Crippen molar-refractivity contribution in [3.8, 4) is 0 Å². The van der Waals surface area contributed by atoms with Crippen LogP contribution in [0.3, 0.4) is 0 Å². The first-order chi connectivity index (χ1) is 7.47. The van der Waals surface area contributed by atoms with Gasteiger partial charge in [0.1, 0.15) is 0 Å². The molecule has 0 aromatic heterocycles. The number of methoxy groups -OCH3 is 2. The summed E-state index contributed by atoms with van der Waals surface area (Å²) in [5, 5.41) is 0. The van der Waals surface area contributed by atoms with Gasteiger partial charge < -0.3 is 32.5 Å². The van der Waals surface area contributed by atoms with E-state index < -0.39 is 23.0 Å². The van der Waals surface area contributed by atoms with Gasteiger partial charge in [-0.05, 0) is 0 Å². The minimum Gasteiger partial charge on any atom is -0.372 e. The molecular formula is C6H17O8PSi. The van der Waals surface area contributed by atoms with E-state index in [0.29, 0.717) is 0 Å². The van der Waals surface area contributed by atoms with E-state index in [4.69, 9.17) is 37.1 Å². The second-order valence-electron chi connectivity index (χ2n) is 2.48. The fraction of sp³-hybridized carbons (Fsp3) is 1.00. The van der Waals surface area contributed by atoms with Crippen LogP contribution in [0.4, 0.5) is 0 Å². The summed E-state index contributed by atoms with van der Waals surface area (Å²) in [7, 11) is 0.143. The average Bonchev–Trinajstić information content (AvgIpc) is 2.29. The Morgan fingerprint density at radius 1 is 0.875 bits per heavy atom. The smallest absolute Gasteiger partial charge is 0.372 e. The predicted molar refractivity (Wildman–Crippen MR) is 56.0 cm³/mol. The lowest BCUT2D eigenvalue weighted by Crippen LogP contribution is -2.66. The molecule has 16 heavy (non-hydrogen) atoms. The van der Waals surface area contributed by atoms with Gasteiger partial charge >= 0.3 is 23.0 Å². The van der Waals surface area contributed by atoms with Gasteiger partial charge in [0.2, 0.25) is 0 Å². The van der Waals surface area contributed by atoms with Gasteiger partial charge in [0.25, 0.3) is 0 Å². The zero-order valence-electron chi connectivity index (χ0n) is 9.79. The van der Waals surface area contributed by atoms with Crippen LogP contribution in [0.25, 0.3) is 0 Å². The SMILES string of the molecule is COC(OC)(OP(O)O)[Si](OC)(OC)OC. The van der Waals surface area contributed by atoms with Crippen LogP contribution in [0.1, 0.15) is 0 Å². The summed E-state index contributed by atoms with van der Waals surface area (Å²) in [5.41, 5.74) is -1.93. The van der Waals surface area contributed by atoms with Crippen molar-refractivity contribution < 1.29 is 37.1 Å². The second kappa shape index (κ2) is 6.92. The Hall–Kier alpha value is 0.327. The molecule has 0 aliphatic carbocycles. The maximum Gasteiger partial charge on any atom is 0.596 e. The van der Waals surface area contributed by atoms with E-state index in [1.807, 2.05) is 0 Å². The van der Waals surface area contributed by atoms with E-state index in [1.165, 1.54) is 35.5 Å². The lowest BCUT2D eigenvalue weighted by molar-refractivity contribution is -0.300. The number of hydrogen-bond donors (Lipinski definition) is 2. The molecule has 0 saturated carbocycles. The summed E-state index contributed by atoms with van der Waals surface area (Å²) < 4.78 is 30.0. The quantitative estimate of drug-likeness (QED) is 0.350. The van der Waals surface area contributed by atoms with Gasteiger partial charge in [-0.3, -0.25) is 4.52 Å². The largest absolute Gasteiger partial charge is 0.596 e. The molecule has 0 aromatic carbocycles. The minimum atomic E-state index is -3.53. The molecule has 0 saturated heterocycles. The van der Waals surface area contributed by atoms with Crippen molar-refractivity contribution in [3.63, 3.8) is 0 Å². The molecule has 0 spiro atoms. The summed E-state index contributed by atoms with van der Waals surface area (Å²) >= 11 is 0. The van der Waals surface area contributed by atoms with E-state index >= 15 is 0 Å². The molecule has 0 aliphatic heterocycles. The van der Waals surface area contributed by atoms with Gasteiger partial charge in [0.05, 0.1) is 0 Å². The molecule has 0 heterocycles. The predicted octanol–water partition coefficient (Wildman–Crippen LogP) is -0.422. The Kier molecular flexibility index (Phi) is 7.06. The third kappa shape index (κ3) is 2.96. The maximum atomic E-state index is 8.89. The lowest BCUT2D eigenvalue weighted by Gasteiger charge is -2.39. The van der Waals surface area contributed by atoms with Crippen molar-refractivity contribution in [1.82, 2.24) is 0 Å². The molecule has 2 N–H and O–H groups in total. The molecule has 0 radical (unpaired) electrons. The van der Waals surface area contributed by atoms with E-state index in [1.54, 1.807) is 0 Å². The normalized spacial score (nSPS) is 13.5. The lowest BCUT2D eigenvalue weighted by atomic mass is 11.2. The van der Waals surface area contributed by atoms with Crippen LogP contribution >= 0.6 is 8.60 Å². The molecule has 98 valence electrons. The number of ether oxygens (including phenoxy) is 2. The van der Waals surface area contributed by atoms with E-state index in [2.05, 4.69) is 0 Å². The molecule has 0 aliphatic rings. The number of rotatable bonds is 8.